The van der Waals surface area contributed by atoms with Crippen LogP contribution in [0.2, 0.25) is 5.02 Å². The molecule has 0 heterocycles. The van der Waals surface area contributed by atoms with E-state index in [-0.39, 0.29) is 6.04 Å². The Morgan fingerprint density at radius 3 is 2.30 bits per heavy atom. The first-order valence-electron chi connectivity index (χ1n) is 6.97. The first-order valence-corrected chi connectivity index (χ1v) is 7.35. The molecule has 0 amide bonds. The van der Waals surface area contributed by atoms with Crippen molar-refractivity contribution in [2.45, 2.75) is 31.4 Å². The van der Waals surface area contributed by atoms with Crippen molar-refractivity contribution in [1.82, 2.24) is 0 Å². The van der Waals surface area contributed by atoms with Crippen LogP contribution in [0.15, 0.2) is 48.5 Å². The van der Waals surface area contributed by atoms with Crippen molar-refractivity contribution in [3.63, 3.8) is 0 Å². The average molecular weight is 288 g/mol. The predicted molar refractivity (Wildman–Crippen MR) is 82.2 cm³/mol. The Bertz CT molecular complexity index is 561. The molecule has 1 unspecified atom stereocenters. The first-order chi connectivity index (χ1) is 9.70. The van der Waals surface area contributed by atoms with E-state index >= 15 is 0 Å². The van der Waals surface area contributed by atoms with E-state index in [4.69, 9.17) is 22.1 Å². The molecular weight excluding hydrogens is 270 g/mol. The number of hydrogen-bond donors (Lipinski definition) is 1. The highest BCUT2D eigenvalue weighted by atomic mass is 35.5. The zero-order chi connectivity index (χ0) is 13.9. The van der Waals surface area contributed by atoms with Gasteiger partial charge in [0.2, 0.25) is 0 Å². The smallest absolute Gasteiger partial charge is 0.119 e. The monoisotopic (exact) mass is 287 g/mol. The molecule has 2 aromatic rings. The largest absolute Gasteiger partial charge is 0.490 e. The lowest BCUT2D eigenvalue weighted by Crippen LogP contribution is -2.13. The minimum atomic E-state index is -0.00819. The number of halogens is 1. The van der Waals surface area contributed by atoms with Gasteiger partial charge in [-0.3, -0.25) is 0 Å². The summed E-state index contributed by atoms with van der Waals surface area (Å²) in [4.78, 5) is 0. The predicted octanol–water partition coefficient (Wildman–Crippen LogP) is 4.12. The Kier molecular flexibility index (Phi) is 3.95. The van der Waals surface area contributed by atoms with E-state index in [9.17, 15) is 0 Å². The molecule has 1 aliphatic rings. The summed E-state index contributed by atoms with van der Waals surface area (Å²) in [6.45, 7) is 0. The van der Waals surface area contributed by atoms with Crippen molar-refractivity contribution in [3.05, 3.63) is 64.7 Å². The van der Waals surface area contributed by atoms with E-state index < -0.39 is 0 Å². The number of ether oxygens (including phenoxy) is 1. The van der Waals surface area contributed by atoms with Crippen LogP contribution in [0.5, 0.6) is 5.75 Å². The molecule has 20 heavy (non-hydrogen) atoms. The Morgan fingerprint density at radius 2 is 1.70 bits per heavy atom. The molecule has 3 heteroatoms. The zero-order valence-corrected chi connectivity index (χ0v) is 12.0. The van der Waals surface area contributed by atoms with Crippen LogP contribution in [-0.4, -0.2) is 6.10 Å². The first kappa shape index (κ1) is 13.5. The Balaban J connectivity index is 1.63. The second-order valence-electron chi connectivity index (χ2n) is 5.32. The highest BCUT2D eigenvalue weighted by molar-refractivity contribution is 6.30. The summed E-state index contributed by atoms with van der Waals surface area (Å²) in [5, 5.41) is 0.754. The molecule has 0 bridgehead atoms. The number of hydrogen-bond acceptors (Lipinski definition) is 2. The fourth-order valence-corrected chi connectivity index (χ4v) is 2.29. The molecule has 0 aliphatic heterocycles. The molecule has 104 valence electrons. The van der Waals surface area contributed by atoms with E-state index in [1.807, 2.05) is 36.4 Å². The third-order valence-corrected chi connectivity index (χ3v) is 3.76. The van der Waals surface area contributed by atoms with Crippen molar-refractivity contribution in [3.8, 4) is 5.75 Å². The van der Waals surface area contributed by atoms with Crippen molar-refractivity contribution in [1.29, 1.82) is 0 Å². The van der Waals surface area contributed by atoms with Crippen LogP contribution in [0.3, 0.4) is 0 Å². The van der Waals surface area contributed by atoms with Crippen LogP contribution in [0, 0.1) is 0 Å². The van der Waals surface area contributed by atoms with Crippen LogP contribution < -0.4 is 10.5 Å². The number of rotatable bonds is 5. The molecule has 1 atom stereocenters. The van der Waals surface area contributed by atoms with Crippen molar-refractivity contribution in [2.24, 2.45) is 5.73 Å². The normalized spacial score (nSPS) is 15.9. The fraction of sp³-hybridized carbons (Fsp3) is 0.294. The van der Waals surface area contributed by atoms with Gasteiger partial charge in [0.25, 0.3) is 0 Å². The summed E-state index contributed by atoms with van der Waals surface area (Å²) in [6, 6.07) is 16.0. The van der Waals surface area contributed by atoms with E-state index in [1.54, 1.807) is 0 Å². The summed E-state index contributed by atoms with van der Waals surface area (Å²) >= 11 is 5.88. The summed E-state index contributed by atoms with van der Waals surface area (Å²) in [7, 11) is 0. The minimum Gasteiger partial charge on any atom is -0.490 e. The van der Waals surface area contributed by atoms with E-state index in [0.29, 0.717) is 6.10 Å². The fourth-order valence-electron chi connectivity index (χ4n) is 2.16. The van der Waals surface area contributed by atoms with Crippen molar-refractivity contribution >= 4 is 11.6 Å². The van der Waals surface area contributed by atoms with Crippen LogP contribution in [0.1, 0.15) is 30.0 Å². The Labute approximate surface area is 124 Å². The van der Waals surface area contributed by atoms with Crippen LogP contribution >= 0.6 is 11.6 Å². The standard InChI is InChI=1S/C17H18ClNO/c18-14-5-1-12(2-6-14)11-17(19)13-3-7-15(8-4-13)20-16-9-10-16/h1-8,16-17H,9-11,19H2. The average Bonchev–Trinajstić information content (AvgIpc) is 3.26. The van der Waals surface area contributed by atoms with Gasteiger partial charge in [-0.05, 0) is 54.7 Å². The molecule has 2 aromatic carbocycles. The van der Waals surface area contributed by atoms with Gasteiger partial charge in [-0.25, -0.2) is 0 Å². The molecule has 3 rings (SSSR count). The van der Waals surface area contributed by atoms with Crippen molar-refractivity contribution in [2.75, 3.05) is 0 Å². The van der Waals surface area contributed by atoms with E-state index in [0.717, 1.165) is 22.8 Å². The molecule has 0 saturated heterocycles. The maximum Gasteiger partial charge on any atom is 0.119 e. The molecule has 2 nitrogen and oxygen atoms in total. The maximum atomic E-state index is 6.25. The molecular formula is C17H18ClNO. The highest BCUT2D eigenvalue weighted by Crippen LogP contribution is 2.27. The third-order valence-electron chi connectivity index (χ3n) is 3.50. The lowest BCUT2D eigenvalue weighted by molar-refractivity contribution is 0.303. The summed E-state index contributed by atoms with van der Waals surface area (Å²) < 4.78 is 5.74. The molecule has 0 aromatic heterocycles. The molecule has 2 N–H and O–H groups in total. The zero-order valence-electron chi connectivity index (χ0n) is 11.3. The second kappa shape index (κ2) is 5.86. The quantitative estimate of drug-likeness (QED) is 0.897. The van der Waals surface area contributed by atoms with Gasteiger partial charge in [0, 0.05) is 11.1 Å². The number of nitrogens with two attached hydrogens (primary N) is 1. The SMILES string of the molecule is NC(Cc1ccc(Cl)cc1)c1ccc(OC2CC2)cc1. The lowest BCUT2D eigenvalue weighted by Gasteiger charge is -2.13. The summed E-state index contributed by atoms with van der Waals surface area (Å²) in [6.07, 6.45) is 3.60. The van der Waals surface area contributed by atoms with Gasteiger partial charge in [-0.2, -0.15) is 0 Å². The highest BCUT2D eigenvalue weighted by Gasteiger charge is 2.23. The maximum absolute atomic E-state index is 6.25. The van der Waals surface area contributed by atoms with Gasteiger partial charge in [0.05, 0.1) is 6.10 Å². The van der Waals surface area contributed by atoms with Gasteiger partial charge < -0.3 is 10.5 Å². The topological polar surface area (TPSA) is 35.2 Å². The van der Waals surface area contributed by atoms with Crippen LogP contribution in [0.25, 0.3) is 0 Å². The van der Waals surface area contributed by atoms with Gasteiger partial charge >= 0.3 is 0 Å². The van der Waals surface area contributed by atoms with Gasteiger partial charge in [0.1, 0.15) is 5.75 Å². The van der Waals surface area contributed by atoms with Gasteiger partial charge in [0.15, 0.2) is 0 Å². The van der Waals surface area contributed by atoms with Crippen LogP contribution in [-0.2, 0) is 6.42 Å². The van der Waals surface area contributed by atoms with Crippen molar-refractivity contribution < 1.29 is 4.74 Å². The molecule has 0 radical (unpaired) electrons. The van der Waals surface area contributed by atoms with Gasteiger partial charge in [-0.15, -0.1) is 0 Å². The molecule has 0 spiro atoms. The minimum absolute atomic E-state index is 0.00819. The van der Waals surface area contributed by atoms with Crippen LogP contribution in [0.4, 0.5) is 0 Å². The van der Waals surface area contributed by atoms with E-state index in [1.165, 1.54) is 18.4 Å². The van der Waals surface area contributed by atoms with E-state index in [2.05, 4.69) is 12.1 Å². The molecule has 1 saturated carbocycles. The summed E-state index contributed by atoms with van der Waals surface area (Å²) in [5.41, 5.74) is 8.58. The lowest BCUT2D eigenvalue weighted by atomic mass is 10.00. The second-order valence-corrected chi connectivity index (χ2v) is 5.76. The Morgan fingerprint density at radius 1 is 1.05 bits per heavy atom. The molecule has 1 fully saturated rings. The van der Waals surface area contributed by atoms with Gasteiger partial charge in [-0.1, -0.05) is 35.9 Å². The Hall–Kier alpha value is -1.51. The third kappa shape index (κ3) is 3.53. The summed E-state index contributed by atoms with van der Waals surface area (Å²) in [5.74, 6) is 0.940. The molecule has 1 aliphatic carbocycles. The number of benzene rings is 2.